The molecule has 3 rings (SSSR count). The number of hydrogen-bond acceptors (Lipinski definition) is 4. The molecular formula is C18H22N4O. The van der Waals surface area contributed by atoms with E-state index in [0.717, 1.165) is 25.2 Å². The minimum absolute atomic E-state index is 0.120. The molecule has 0 radical (unpaired) electrons. The highest BCUT2D eigenvalue weighted by atomic mass is 16.2. The predicted octanol–water partition coefficient (Wildman–Crippen LogP) is 2.99. The van der Waals surface area contributed by atoms with Crippen molar-refractivity contribution in [1.82, 2.24) is 9.97 Å². The van der Waals surface area contributed by atoms with Crippen LogP contribution in [-0.4, -0.2) is 36.0 Å². The van der Waals surface area contributed by atoms with E-state index in [0.29, 0.717) is 17.6 Å². The van der Waals surface area contributed by atoms with Crippen LogP contribution in [0, 0.1) is 5.92 Å². The second-order valence-corrected chi connectivity index (χ2v) is 6.14. The van der Waals surface area contributed by atoms with E-state index in [-0.39, 0.29) is 5.91 Å². The predicted molar refractivity (Wildman–Crippen MR) is 91.8 cm³/mol. The quantitative estimate of drug-likeness (QED) is 0.874. The van der Waals surface area contributed by atoms with E-state index < -0.39 is 0 Å². The lowest BCUT2D eigenvalue weighted by Gasteiger charge is -2.31. The largest absolute Gasteiger partial charge is 0.341 e. The van der Waals surface area contributed by atoms with Crippen molar-refractivity contribution < 1.29 is 4.79 Å². The van der Waals surface area contributed by atoms with Crippen LogP contribution in [0.1, 0.15) is 30.3 Å². The van der Waals surface area contributed by atoms with Crippen LogP contribution in [0.25, 0.3) is 0 Å². The Balaban J connectivity index is 1.80. The fraction of sp³-hybridized carbons (Fsp3) is 0.389. The van der Waals surface area contributed by atoms with Crippen molar-refractivity contribution in [2.75, 3.05) is 29.9 Å². The number of carbonyl (C=O) groups is 1. The summed E-state index contributed by atoms with van der Waals surface area (Å²) in [5.41, 5.74) is 1.28. The molecule has 2 aromatic rings. The minimum Gasteiger partial charge on any atom is -0.341 e. The molecule has 1 saturated heterocycles. The van der Waals surface area contributed by atoms with E-state index >= 15 is 0 Å². The summed E-state index contributed by atoms with van der Waals surface area (Å²) in [7, 11) is 1.77. The lowest BCUT2D eigenvalue weighted by atomic mass is 10.0. The Bertz CT molecular complexity index is 674. The van der Waals surface area contributed by atoms with Crippen LogP contribution in [0.15, 0.2) is 42.6 Å². The third-order valence-corrected chi connectivity index (χ3v) is 4.25. The van der Waals surface area contributed by atoms with E-state index in [4.69, 9.17) is 0 Å². The Hall–Kier alpha value is -2.43. The smallest absolute Gasteiger partial charge is 0.276 e. The summed E-state index contributed by atoms with van der Waals surface area (Å²) >= 11 is 0. The van der Waals surface area contributed by atoms with Crippen LogP contribution < -0.4 is 9.80 Å². The second-order valence-electron chi connectivity index (χ2n) is 6.14. The summed E-state index contributed by atoms with van der Waals surface area (Å²) in [6, 6.07) is 11.3. The fourth-order valence-electron chi connectivity index (χ4n) is 2.93. The molecular weight excluding hydrogens is 288 g/mol. The number of carbonyl (C=O) groups excluding carboxylic acids is 1. The zero-order chi connectivity index (χ0) is 16.2. The normalized spacial score (nSPS) is 17.8. The highest BCUT2D eigenvalue weighted by molar-refractivity contribution is 6.04. The lowest BCUT2D eigenvalue weighted by Crippen LogP contribution is -2.36. The van der Waals surface area contributed by atoms with Gasteiger partial charge in [0.2, 0.25) is 5.95 Å². The number of aromatic nitrogens is 2. The fourth-order valence-corrected chi connectivity index (χ4v) is 2.93. The molecule has 5 heteroatoms. The van der Waals surface area contributed by atoms with Gasteiger partial charge in [0, 0.05) is 32.0 Å². The molecule has 0 aliphatic carbocycles. The van der Waals surface area contributed by atoms with E-state index in [1.54, 1.807) is 24.2 Å². The van der Waals surface area contributed by atoms with Gasteiger partial charge in [0.15, 0.2) is 0 Å². The van der Waals surface area contributed by atoms with Gasteiger partial charge in [-0.15, -0.1) is 0 Å². The van der Waals surface area contributed by atoms with Crippen molar-refractivity contribution in [3.8, 4) is 0 Å². The summed E-state index contributed by atoms with van der Waals surface area (Å²) in [6.07, 6.45) is 4.06. The van der Waals surface area contributed by atoms with Gasteiger partial charge in [0.25, 0.3) is 5.91 Å². The van der Waals surface area contributed by atoms with Crippen LogP contribution in [0.4, 0.5) is 11.6 Å². The first kappa shape index (κ1) is 15.5. The number of rotatable bonds is 3. The highest BCUT2D eigenvalue weighted by Gasteiger charge is 2.21. The highest BCUT2D eigenvalue weighted by Crippen LogP contribution is 2.20. The molecule has 5 nitrogen and oxygen atoms in total. The Labute approximate surface area is 137 Å². The van der Waals surface area contributed by atoms with E-state index in [9.17, 15) is 4.79 Å². The molecule has 120 valence electrons. The molecule has 0 N–H and O–H groups in total. The standard InChI is InChI=1S/C18H22N4O/c1-14-7-6-12-22(13-14)18-19-11-10-16(20-18)17(23)21(2)15-8-4-3-5-9-15/h3-5,8-11,14H,6-7,12-13H2,1-2H3. The molecule has 1 aliphatic rings. The Morgan fingerprint density at radius 3 is 2.78 bits per heavy atom. The maximum atomic E-state index is 12.7. The van der Waals surface area contributed by atoms with Gasteiger partial charge < -0.3 is 9.80 Å². The van der Waals surface area contributed by atoms with Gasteiger partial charge in [-0.25, -0.2) is 9.97 Å². The van der Waals surface area contributed by atoms with Crippen molar-refractivity contribution in [3.63, 3.8) is 0 Å². The van der Waals surface area contributed by atoms with Gasteiger partial charge in [-0.3, -0.25) is 4.79 Å². The molecule has 0 bridgehead atoms. The van der Waals surface area contributed by atoms with E-state index in [2.05, 4.69) is 21.8 Å². The van der Waals surface area contributed by atoms with E-state index in [1.165, 1.54) is 6.42 Å². The molecule has 1 fully saturated rings. The molecule has 1 aromatic heterocycles. The zero-order valence-electron chi connectivity index (χ0n) is 13.6. The lowest BCUT2D eigenvalue weighted by molar-refractivity contribution is 0.0988. The molecule has 1 unspecified atom stereocenters. The maximum absolute atomic E-state index is 12.7. The minimum atomic E-state index is -0.120. The number of nitrogens with zero attached hydrogens (tertiary/aromatic N) is 4. The zero-order valence-corrected chi connectivity index (χ0v) is 13.6. The van der Waals surface area contributed by atoms with Crippen molar-refractivity contribution in [2.24, 2.45) is 5.92 Å². The summed E-state index contributed by atoms with van der Waals surface area (Å²) in [4.78, 5) is 25.3. The number of amides is 1. The number of anilines is 2. The van der Waals surface area contributed by atoms with Gasteiger partial charge in [0.05, 0.1) is 0 Å². The van der Waals surface area contributed by atoms with Gasteiger partial charge >= 0.3 is 0 Å². The Morgan fingerprint density at radius 2 is 2.04 bits per heavy atom. The molecule has 1 amide bonds. The first-order chi connectivity index (χ1) is 11.1. The van der Waals surface area contributed by atoms with Crippen molar-refractivity contribution in [3.05, 3.63) is 48.3 Å². The van der Waals surface area contributed by atoms with Crippen LogP contribution in [0.3, 0.4) is 0 Å². The van der Waals surface area contributed by atoms with Crippen LogP contribution in [0.5, 0.6) is 0 Å². The number of benzene rings is 1. The van der Waals surface area contributed by atoms with Gasteiger partial charge in [-0.2, -0.15) is 0 Å². The Morgan fingerprint density at radius 1 is 1.26 bits per heavy atom. The topological polar surface area (TPSA) is 49.3 Å². The average molecular weight is 310 g/mol. The summed E-state index contributed by atoms with van der Waals surface area (Å²) in [5.74, 6) is 1.17. The van der Waals surface area contributed by atoms with Crippen molar-refractivity contribution in [2.45, 2.75) is 19.8 Å². The first-order valence-electron chi connectivity index (χ1n) is 8.06. The number of para-hydroxylation sites is 1. The van der Waals surface area contributed by atoms with Gasteiger partial charge in [-0.05, 0) is 37.0 Å². The molecule has 1 aromatic carbocycles. The maximum Gasteiger partial charge on any atom is 0.276 e. The van der Waals surface area contributed by atoms with E-state index in [1.807, 2.05) is 30.3 Å². The molecule has 23 heavy (non-hydrogen) atoms. The van der Waals surface area contributed by atoms with Gasteiger partial charge in [0.1, 0.15) is 5.69 Å². The molecule has 2 heterocycles. The van der Waals surface area contributed by atoms with Crippen LogP contribution in [-0.2, 0) is 0 Å². The summed E-state index contributed by atoms with van der Waals surface area (Å²) in [6.45, 7) is 4.15. The first-order valence-corrected chi connectivity index (χ1v) is 8.06. The molecule has 1 aliphatic heterocycles. The second kappa shape index (κ2) is 6.77. The van der Waals surface area contributed by atoms with Crippen molar-refractivity contribution >= 4 is 17.5 Å². The Kier molecular flexibility index (Phi) is 4.55. The number of hydrogen-bond donors (Lipinski definition) is 0. The monoisotopic (exact) mass is 310 g/mol. The van der Waals surface area contributed by atoms with Crippen molar-refractivity contribution in [1.29, 1.82) is 0 Å². The molecule has 1 atom stereocenters. The van der Waals surface area contributed by atoms with Gasteiger partial charge in [-0.1, -0.05) is 25.1 Å². The molecule has 0 spiro atoms. The van der Waals surface area contributed by atoms with Crippen LogP contribution in [0.2, 0.25) is 0 Å². The molecule has 0 saturated carbocycles. The summed E-state index contributed by atoms with van der Waals surface area (Å²) in [5, 5.41) is 0. The average Bonchev–Trinajstić information content (AvgIpc) is 2.61. The third-order valence-electron chi connectivity index (χ3n) is 4.25. The van der Waals surface area contributed by atoms with Crippen LogP contribution >= 0.6 is 0 Å². The SMILES string of the molecule is CC1CCCN(c2nccc(C(=O)N(C)c3ccccc3)n2)C1. The number of piperidine rings is 1. The summed E-state index contributed by atoms with van der Waals surface area (Å²) < 4.78 is 0. The third kappa shape index (κ3) is 3.50.